The summed E-state index contributed by atoms with van der Waals surface area (Å²) in [6, 6.07) is 0. The summed E-state index contributed by atoms with van der Waals surface area (Å²) < 4.78 is 5.06. The second kappa shape index (κ2) is 4.95. The Bertz CT molecular complexity index is 281. The Kier molecular flexibility index (Phi) is 4.07. The lowest BCUT2D eigenvalue weighted by molar-refractivity contribution is -0.136. The van der Waals surface area contributed by atoms with Crippen molar-refractivity contribution >= 4 is 23.8 Å². The molecule has 0 aromatic rings. The van der Waals surface area contributed by atoms with Gasteiger partial charge >= 0.3 is 12.1 Å². The average molecular weight is 247 g/mol. The van der Waals surface area contributed by atoms with Crippen LogP contribution < -0.4 is 5.32 Å². The fourth-order valence-electron chi connectivity index (χ4n) is 1.26. The Balaban J connectivity index is 2.13. The van der Waals surface area contributed by atoms with Crippen molar-refractivity contribution in [2.24, 2.45) is 0 Å². The molecule has 0 saturated carbocycles. The maximum absolute atomic E-state index is 11.3. The van der Waals surface area contributed by atoms with Crippen molar-refractivity contribution in [3.63, 3.8) is 0 Å². The summed E-state index contributed by atoms with van der Waals surface area (Å²) in [5.41, 5.74) is -0.500. The largest absolute Gasteiger partial charge is 0.480 e. The molecule has 1 heterocycles. The zero-order valence-corrected chi connectivity index (χ0v) is 10.5. The molecule has 1 fully saturated rings. The molecule has 0 aliphatic carbocycles. The molecule has 2 atom stereocenters. The number of thioether (sulfide) groups is 1. The molecule has 1 rings (SSSR count). The Labute approximate surface area is 98.9 Å². The first kappa shape index (κ1) is 13.2. The van der Waals surface area contributed by atoms with Crippen molar-refractivity contribution < 1.29 is 19.4 Å². The van der Waals surface area contributed by atoms with Gasteiger partial charge in [-0.2, -0.15) is 0 Å². The lowest BCUT2D eigenvalue weighted by Gasteiger charge is -2.31. The Morgan fingerprint density at radius 1 is 1.50 bits per heavy atom. The summed E-state index contributed by atoms with van der Waals surface area (Å²) in [7, 11) is 0. The number of carbonyl (C=O) groups is 2. The van der Waals surface area contributed by atoms with Gasteiger partial charge in [0, 0.05) is 11.8 Å². The van der Waals surface area contributed by atoms with E-state index in [-0.39, 0.29) is 10.5 Å². The number of hydrogen-bond donors (Lipinski definition) is 2. The van der Waals surface area contributed by atoms with E-state index in [1.165, 1.54) is 11.8 Å². The molecule has 1 aliphatic heterocycles. The Morgan fingerprint density at radius 3 is 2.50 bits per heavy atom. The highest BCUT2D eigenvalue weighted by atomic mass is 32.2. The number of ether oxygens (including phenoxy) is 1. The lowest BCUT2D eigenvalue weighted by atomic mass is 10.2. The monoisotopic (exact) mass is 247 g/mol. The molecule has 0 aromatic carbocycles. The summed E-state index contributed by atoms with van der Waals surface area (Å²) >= 11 is 1.37. The van der Waals surface area contributed by atoms with E-state index in [9.17, 15) is 9.59 Å². The highest BCUT2D eigenvalue weighted by molar-refractivity contribution is 8.02. The molecule has 2 N–H and O–H groups in total. The van der Waals surface area contributed by atoms with Gasteiger partial charge in [0.1, 0.15) is 10.9 Å². The van der Waals surface area contributed by atoms with Crippen LogP contribution in [0.3, 0.4) is 0 Å². The van der Waals surface area contributed by atoms with Gasteiger partial charge in [0.2, 0.25) is 0 Å². The third-order valence-corrected chi connectivity index (χ3v) is 3.45. The highest BCUT2D eigenvalue weighted by Crippen LogP contribution is 2.36. The third kappa shape index (κ3) is 4.30. The van der Waals surface area contributed by atoms with Crippen LogP contribution in [0.1, 0.15) is 27.2 Å². The SMILES string of the molecule is CC(C)(C)OC(=O)NCC1CC(C(=O)O)S1. The van der Waals surface area contributed by atoms with Crippen molar-refractivity contribution in [3.05, 3.63) is 0 Å². The molecular weight excluding hydrogens is 230 g/mol. The molecule has 5 nitrogen and oxygen atoms in total. The molecule has 0 spiro atoms. The van der Waals surface area contributed by atoms with Crippen molar-refractivity contribution in [3.8, 4) is 0 Å². The van der Waals surface area contributed by atoms with E-state index < -0.39 is 17.7 Å². The second-order valence-corrected chi connectivity index (χ2v) is 6.21. The summed E-state index contributed by atoms with van der Waals surface area (Å²) in [5, 5.41) is 11.1. The van der Waals surface area contributed by atoms with Gasteiger partial charge in [0.15, 0.2) is 0 Å². The van der Waals surface area contributed by atoms with Crippen LogP contribution in [0.2, 0.25) is 0 Å². The van der Waals surface area contributed by atoms with Crippen LogP contribution in [-0.4, -0.2) is 39.8 Å². The minimum Gasteiger partial charge on any atom is -0.480 e. The highest BCUT2D eigenvalue weighted by Gasteiger charge is 2.35. The molecule has 1 saturated heterocycles. The molecule has 1 aliphatic rings. The van der Waals surface area contributed by atoms with Gasteiger partial charge in [-0.3, -0.25) is 4.79 Å². The average Bonchev–Trinajstić information content (AvgIpc) is 1.96. The molecule has 0 bridgehead atoms. The van der Waals surface area contributed by atoms with Crippen molar-refractivity contribution in [1.29, 1.82) is 0 Å². The minimum atomic E-state index is -0.779. The number of rotatable bonds is 3. The summed E-state index contributed by atoms with van der Waals surface area (Å²) in [4.78, 5) is 21.8. The predicted molar refractivity (Wildman–Crippen MR) is 61.7 cm³/mol. The van der Waals surface area contributed by atoms with E-state index in [1.807, 2.05) is 0 Å². The Morgan fingerprint density at radius 2 is 2.06 bits per heavy atom. The first-order valence-electron chi connectivity index (χ1n) is 5.13. The molecule has 1 amide bonds. The van der Waals surface area contributed by atoms with Crippen LogP contribution in [0, 0.1) is 0 Å². The van der Waals surface area contributed by atoms with Gasteiger partial charge in [-0.15, -0.1) is 11.8 Å². The zero-order chi connectivity index (χ0) is 12.3. The molecule has 0 radical (unpaired) electrons. The van der Waals surface area contributed by atoms with E-state index in [0.717, 1.165) is 0 Å². The smallest absolute Gasteiger partial charge is 0.407 e. The number of carboxylic acid groups (broad SMARTS) is 1. The van der Waals surface area contributed by atoms with Crippen LogP contribution >= 0.6 is 11.8 Å². The number of nitrogens with one attached hydrogen (secondary N) is 1. The topological polar surface area (TPSA) is 75.6 Å². The fraction of sp³-hybridized carbons (Fsp3) is 0.800. The third-order valence-electron chi connectivity index (χ3n) is 1.98. The van der Waals surface area contributed by atoms with Crippen molar-refractivity contribution in [2.75, 3.05) is 6.54 Å². The van der Waals surface area contributed by atoms with Gasteiger partial charge in [0.25, 0.3) is 0 Å². The van der Waals surface area contributed by atoms with E-state index in [0.29, 0.717) is 13.0 Å². The number of amides is 1. The molecule has 6 heteroatoms. The first-order chi connectivity index (χ1) is 7.28. The first-order valence-corrected chi connectivity index (χ1v) is 6.07. The van der Waals surface area contributed by atoms with Gasteiger partial charge in [-0.25, -0.2) is 4.79 Å². The van der Waals surface area contributed by atoms with Crippen LogP contribution in [0.5, 0.6) is 0 Å². The van der Waals surface area contributed by atoms with E-state index >= 15 is 0 Å². The van der Waals surface area contributed by atoms with Crippen LogP contribution in [0.25, 0.3) is 0 Å². The van der Waals surface area contributed by atoms with E-state index in [2.05, 4.69) is 5.32 Å². The predicted octanol–water partition coefficient (Wildman–Crippen LogP) is 1.47. The maximum Gasteiger partial charge on any atom is 0.407 e. The molecule has 0 aromatic heterocycles. The quantitative estimate of drug-likeness (QED) is 0.790. The van der Waals surface area contributed by atoms with Crippen molar-refractivity contribution in [1.82, 2.24) is 5.32 Å². The number of aliphatic carboxylic acids is 1. The molecule has 92 valence electrons. The van der Waals surface area contributed by atoms with Crippen molar-refractivity contribution in [2.45, 2.75) is 43.3 Å². The normalized spacial score (nSPS) is 24.4. The van der Waals surface area contributed by atoms with Crippen LogP contribution in [0.15, 0.2) is 0 Å². The van der Waals surface area contributed by atoms with E-state index in [1.54, 1.807) is 20.8 Å². The standard InChI is InChI=1S/C10H17NO4S/c1-10(2,3)15-9(14)11-5-6-4-7(16-6)8(12)13/h6-7H,4-5H2,1-3H3,(H,11,14)(H,12,13). The maximum atomic E-state index is 11.3. The lowest BCUT2D eigenvalue weighted by Crippen LogP contribution is -2.42. The molecular formula is C10H17NO4S. The second-order valence-electron chi connectivity index (χ2n) is 4.70. The van der Waals surface area contributed by atoms with Crippen LogP contribution in [-0.2, 0) is 9.53 Å². The van der Waals surface area contributed by atoms with Crippen LogP contribution in [0.4, 0.5) is 4.79 Å². The number of carbonyl (C=O) groups excluding carboxylic acids is 1. The summed E-state index contributed by atoms with van der Waals surface area (Å²) in [5.74, 6) is -0.779. The number of carboxylic acids is 1. The zero-order valence-electron chi connectivity index (χ0n) is 9.65. The van der Waals surface area contributed by atoms with Gasteiger partial charge in [0.05, 0.1) is 0 Å². The minimum absolute atomic E-state index is 0.189. The summed E-state index contributed by atoms with van der Waals surface area (Å²) in [6.07, 6.45) is 0.155. The Hall–Kier alpha value is -0.910. The summed E-state index contributed by atoms with van der Waals surface area (Å²) in [6.45, 7) is 5.85. The fourth-order valence-corrected chi connectivity index (χ4v) is 2.31. The molecule has 2 unspecified atom stereocenters. The number of hydrogen-bond acceptors (Lipinski definition) is 4. The van der Waals surface area contributed by atoms with Gasteiger partial charge in [-0.05, 0) is 27.2 Å². The van der Waals surface area contributed by atoms with Gasteiger partial charge < -0.3 is 15.2 Å². The van der Waals surface area contributed by atoms with E-state index in [4.69, 9.17) is 9.84 Å². The van der Waals surface area contributed by atoms with Gasteiger partial charge in [-0.1, -0.05) is 0 Å². The number of alkyl carbamates (subject to hydrolysis) is 1. The molecule has 16 heavy (non-hydrogen) atoms.